The van der Waals surface area contributed by atoms with Gasteiger partial charge in [-0.15, -0.1) is 0 Å². The first kappa shape index (κ1) is 16.4. The minimum absolute atomic E-state index is 0.0914. The molecular weight excluding hydrogens is 263 g/mol. The Morgan fingerprint density at radius 1 is 1.33 bits per heavy atom. The molecule has 2 nitrogen and oxygen atoms in total. The molecule has 1 fully saturated rings. The third-order valence-corrected chi connectivity index (χ3v) is 4.70. The minimum Gasteiger partial charge on any atom is -0.310 e. The first-order valence-corrected chi connectivity index (χ1v) is 8.31. The van der Waals surface area contributed by atoms with Crippen molar-refractivity contribution in [1.29, 1.82) is 0 Å². The van der Waals surface area contributed by atoms with E-state index in [0.29, 0.717) is 5.92 Å². The van der Waals surface area contributed by atoms with Gasteiger partial charge >= 0.3 is 0 Å². The van der Waals surface area contributed by atoms with Crippen molar-refractivity contribution >= 4 is 0 Å². The van der Waals surface area contributed by atoms with E-state index < -0.39 is 0 Å². The zero-order valence-corrected chi connectivity index (χ0v) is 13.6. The van der Waals surface area contributed by atoms with E-state index in [1.165, 1.54) is 19.3 Å². The fourth-order valence-electron chi connectivity index (χ4n) is 3.18. The highest BCUT2D eigenvalue weighted by Crippen LogP contribution is 2.28. The van der Waals surface area contributed by atoms with Crippen LogP contribution in [0, 0.1) is 11.7 Å². The lowest BCUT2D eigenvalue weighted by atomic mass is 9.89. The molecule has 1 aliphatic carbocycles. The molecule has 2 rings (SSSR count). The molecule has 0 aromatic heterocycles. The number of halogens is 1. The van der Waals surface area contributed by atoms with Crippen LogP contribution >= 0.6 is 0 Å². The molecule has 0 spiro atoms. The number of hydrogen-bond acceptors (Lipinski definition) is 2. The molecule has 118 valence electrons. The van der Waals surface area contributed by atoms with E-state index in [-0.39, 0.29) is 11.9 Å². The fraction of sp³-hybridized carbons (Fsp3) is 0.667. The number of nitrogens with zero attached hydrogens (tertiary/aromatic N) is 1. The second kappa shape index (κ2) is 7.90. The number of rotatable bonds is 8. The van der Waals surface area contributed by atoms with Crippen LogP contribution in [0.15, 0.2) is 24.3 Å². The van der Waals surface area contributed by atoms with E-state index in [9.17, 15) is 4.39 Å². The van der Waals surface area contributed by atoms with Crippen LogP contribution in [0.4, 0.5) is 4.39 Å². The van der Waals surface area contributed by atoms with Gasteiger partial charge in [0.2, 0.25) is 0 Å². The first-order chi connectivity index (χ1) is 10.1. The second-order valence-electron chi connectivity index (χ2n) is 6.45. The maximum atomic E-state index is 14.1. The zero-order valence-electron chi connectivity index (χ0n) is 13.6. The number of nitrogens with one attached hydrogen (secondary N) is 1. The van der Waals surface area contributed by atoms with Crippen molar-refractivity contribution in [2.45, 2.75) is 51.6 Å². The van der Waals surface area contributed by atoms with Crippen LogP contribution < -0.4 is 5.32 Å². The fourth-order valence-corrected chi connectivity index (χ4v) is 3.18. The molecule has 0 aliphatic heterocycles. The molecule has 0 amide bonds. The van der Waals surface area contributed by atoms with Gasteiger partial charge in [0.25, 0.3) is 0 Å². The van der Waals surface area contributed by atoms with Crippen molar-refractivity contribution in [1.82, 2.24) is 10.2 Å². The van der Waals surface area contributed by atoms with Gasteiger partial charge in [-0.05, 0) is 44.8 Å². The van der Waals surface area contributed by atoms with Crippen LogP contribution in [0.1, 0.15) is 51.1 Å². The zero-order chi connectivity index (χ0) is 15.2. The van der Waals surface area contributed by atoms with Crippen molar-refractivity contribution in [3.05, 3.63) is 35.6 Å². The molecule has 0 radical (unpaired) electrons. The Labute approximate surface area is 128 Å². The van der Waals surface area contributed by atoms with Gasteiger partial charge in [-0.2, -0.15) is 0 Å². The topological polar surface area (TPSA) is 15.3 Å². The van der Waals surface area contributed by atoms with Crippen molar-refractivity contribution in [2.75, 3.05) is 20.1 Å². The van der Waals surface area contributed by atoms with Crippen molar-refractivity contribution in [3.63, 3.8) is 0 Å². The molecular formula is C18H29FN2. The largest absolute Gasteiger partial charge is 0.310 e. The summed E-state index contributed by atoms with van der Waals surface area (Å²) >= 11 is 0. The van der Waals surface area contributed by atoms with Gasteiger partial charge in [-0.3, -0.25) is 0 Å². The van der Waals surface area contributed by atoms with Crippen LogP contribution in [-0.2, 0) is 0 Å². The second-order valence-corrected chi connectivity index (χ2v) is 6.45. The van der Waals surface area contributed by atoms with E-state index in [0.717, 1.165) is 31.1 Å². The molecule has 1 aromatic carbocycles. The maximum absolute atomic E-state index is 14.1. The van der Waals surface area contributed by atoms with Crippen LogP contribution in [0.25, 0.3) is 0 Å². The average molecular weight is 292 g/mol. The predicted octanol–water partition coefficient (Wildman–Crippen LogP) is 3.99. The monoisotopic (exact) mass is 292 g/mol. The molecule has 1 aliphatic rings. The SMILES string of the molecule is CCCNC(c1ccccc1F)C(C)CN(C)C1CCC1. The van der Waals surface area contributed by atoms with Gasteiger partial charge in [0, 0.05) is 24.2 Å². The lowest BCUT2D eigenvalue weighted by Gasteiger charge is -2.38. The summed E-state index contributed by atoms with van der Waals surface area (Å²) in [5.74, 6) is 0.295. The highest BCUT2D eigenvalue weighted by Gasteiger charge is 2.27. The molecule has 2 atom stereocenters. The molecule has 0 saturated heterocycles. The number of benzene rings is 1. The van der Waals surface area contributed by atoms with Crippen molar-refractivity contribution in [3.8, 4) is 0 Å². The Kier molecular flexibility index (Phi) is 6.19. The summed E-state index contributed by atoms with van der Waals surface area (Å²) in [5.41, 5.74) is 0.806. The molecule has 0 bridgehead atoms. The van der Waals surface area contributed by atoms with E-state index in [2.05, 4.69) is 31.1 Å². The van der Waals surface area contributed by atoms with Gasteiger partial charge < -0.3 is 10.2 Å². The Morgan fingerprint density at radius 2 is 2.05 bits per heavy atom. The normalized spacial score (nSPS) is 18.5. The smallest absolute Gasteiger partial charge is 0.127 e. The molecule has 1 saturated carbocycles. The summed E-state index contributed by atoms with van der Waals surface area (Å²) in [6.07, 6.45) is 5.05. The van der Waals surface area contributed by atoms with Crippen LogP contribution in [0.2, 0.25) is 0 Å². The Morgan fingerprint density at radius 3 is 2.62 bits per heavy atom. The number of hydrogen-bond donors (Lipinski definition) is 1. The van der Waals surface area contributed by atoms with Crippen molar-refractivity contribution in [2.24, 2.45) is 5.92 Å². The summed E-state index contributed by atoms with van der Waals surface area (Å²) in [6.45, 7) is 6.32. The summed E-state index contributed by atoms with van der Waals surface area (Å²) < 4.78 is 14.1. The van der Waals surface area contributed by atoms with Gasteiger partial charge in [0.05, 0.1) is 0 Å². The van der Waals surface area contributed by atoms with Crippen LogP contribution in [0.3, 0.4) is 0 Å². The first-order valence-electron chi connectivity index (χ1n) is 8.31. The lowest BCUT2D eigenvalue weighted by molar-refractivity contribution is 0.130. The van der Waals surface area contributed by atoms with Gasteiger partial charge in [0.15, 0.2) is 0 Å². The Bertz CT molecular complexity index is 431. The Hall–Kier alpha value is -0.930. The predicted molar refractivity (Wildman–Crippen MR) is 86.9 cm³/mol. The van der Waals surface area contributed by atoms with Crippen LogP contribution in [-0.4, -0.2) is 31.1 Å². The maximum Gasteiger partial charge on any atom is 0.127 e. The Balaban J connectivity index is 2.05. The van der Waals surface area contributed by atoms with Crippen LogP contribution in [0.5, 0.6) is 0 Å². The summed E-state index contributed by atoms with van der Waals surface area (Å²) in [4.78, 5) is 2.45. The van der Waals surface area contributed by atoms with E-state index in [1.54, 1.807) is 12.1 Å². The van der Waals surface area contributed by atoms with E-state index >= 15 is 0 Å². The third kappa shape index (κ3) is 4.27. The summed E-state index contributed by atoms with van der Waals surface area (Å²) in [5, 5.41) is 3.54. The third-order valence-electron chi connectivity index (χ3n) is 4.70. The standard InChI is InChI=1S/C18H29FN2/c1-4-12-20-18(16-10-5-6-11-17(16)19)14(2)13-21(3)15-8-7-9-15/h5-6,10-11,14-15,18,20H,4,7-9,12-13H2,1-3H3. The minimum atomic E-state index is -0.0933. The van der Waals surface area contributed by atoms with Crippen molar-refractivity contribution < 1.29 is 4.39 Å². The highest BCUT2D eigenvalue weighted by molar-refractivity contribution is 5.22. The lowest BCUT2D eigenvalue weighted by Crippen LogP contribution is -2.42. The molecule has 1 aromatic rings. The molecule has 0 heterocycles. The molecule has 1 N–H and O–H groups in total. The summed E-state index contributed by atoms with van der Waals surface area (Å²) in [6, 6.07) is 8.01. The van der Waals surface area contributed by atoms with Gasteiger partial charge in [-0.1, -0.05) is 38.5 Å². The summed E-state index contributed by atoms with van der Waals surface area (Å²) in [7, 11) is 2.21. The molecule has 3 heteroatoms. The van der Waals surface area contributed by atoms with Gasteiger partial charge in [-0.25, -0.2) is 4.39 Å². The van der Waals surface area contributed by atoms with Gasteiger partial charge in [0.1, 0.15) is 5.82 Å². The molecule has 21 heavy (non-hydrogen) atoms. The average Bonchev–Trinajstić information content (AvgIpc) is 2.39. The van der Waals surface area contributed by atoms with E-state index in [1.807, 2.05) is 12.1 Å². The van der Waals surface area contributed by atoms with E-state index in [4.69, 9.17) is 0 Å². The quantitative estimate of drug-likeness (QED) is 0.779. The molecule has 2 unspecified atom stereocenters. The highest BCUT2D eigenvalue weighted by atomic mass is 19.1.